The number of benzene rings is 1. The highest BCUT2D eigenvalue weighted by Gasteiger charge is 2.06. The van der Waals surface area contributed by atoms with E-state index in [0.29, 0.717) is 12.5 Å². The first kappa shape index (κ1) is 15.8. The van der Waals surface area contributed by atoms with Gasteiger partial charge in [0.05, 0.1) is 6.61 Å². The fourth-order valence-corrected chi connectivity index (χ4v) is 1.92. The molecule has 2 heteroatoms. The average Bonchev–Trinajstić information content (AvgIpc) is 2.40. The molecule has 0 aromatic heterocycles. The summed E-state index contributed by atoms with van der Waals surface area (Å²) in [5.74, 6) is 1.51. The Labute approximate surface area is 117 Å². The van der Waals surface area contributed by atoms with Gasteiger partial charge in [0.2, 0.25) is 0 Å². The van der Waals surface area contributed by atoms with E-state index in [1.807, 2.05) is 19.1 Å². The maximum atomic E-state index is 5.68. The van der Waals surface area contributed by atoms with Crippen LogP contribution in [-0.2, 0) is 0 Å². The Kier molecular flexibility index (Phi) is 7.27. The van der Waals surface area contributed by atoms with Gasteiger partial charge < -0.3 is 10.1 Å². The first-order valence-electron chi connectivity index (χ1n) is 7.32. The second-order valence-electron chi connectivity index (χ2n) is 5.02. The Morgan fingerprint density at radius 1 is 1.26 bits per heavy atom. The normalized spacial score (nSPS) is 11.9. The highest BCUT2D eigenvalue weighted by Crippen LogP contribution is 2.23. The quantitative estimate of drug-likeness (QED) is 0.711. The van der Waals surface area contributed by atoms with Gasteiger partial charge in [0.25, 0.3) is 0 Å². The molecule has 1 N–H and O–H groups in total. The van der Waals surface area contributed by atoms with E-state index in [1.54, 1.807) is 0 Å². The van der Waals surface area contributed by atoms with Gasteiger partial charge in [-0.25, -0.2) is 0 Å². The van der Waals surface area contributed by atoms with E-state index >= 15 is 0 Å². The van der Waals surface area contributed by atoms with Gasteiger partial charge in [-0.05, 0) is 31.9 Å². The van der Waals surface area contributed by atoms with Gasteiger partial charge in [0.15, 0.2) is 0 Å². The van der Waals surface area contributed by atoms with E-state index in [0.717, 1.165) is 18.8 Å². The molecule has 0 aliphatic carbocycles. The second kappa shape index (κ2) is 8.76. The van der Waals surface area contributed by atoms with E-state index in [2.05, 4.69) is 44.3 Å². The van der Waals surface area contributed by atoms with Crippen molar-refractivity contribution in [2.45, 2.75) is 34.1 Å². The Morgan fingerprint density at radius 3 is 2.63 bits per heavy atom. The van der Waals surface area contributed by atoms with Gasteiger partial charge >= 0.3 is 0 Å². The van der Waals surface area contributed by atoms with Crippen LogP contribution in [-0.4, -0.2) is 19.7 Å². The van der Waals surface area contributed by atoms with Crippen LogP contribution in [0.3, 0.4) is 0 Å². The van der Waals surface area contributed by atoms with E-state index < -0.39 is 0 Å². The Balaban J connectivity index is 2.88. The fourth-order valence-electron chi connectivity index (χ4n) is 1.92. The van der Waals surface area contributed by atoms with Crippen LogP contribution in [0.5, 0.6) is 5.75 Å². The lowest BCUT2D eigenvalue weighted by Gasteiger charge is -2.14. The lowest BCUT2D eigenvalue weighted by molar-refractivity contribution is 0.339. The molecule has 0 amide bonds. The molecule has 0 saturated heterocycles. The maximum Gasteiger partial charge on any atom is 0.126 e. The second-order valence-corrected chi connectivity index (χ2v) is 5.02. The summed E-state index contributed by atoms with van der Waals surface area (Å²) in [4.78, 5) is 0. The smallest absolute Gasteiger partial charge is 0.126 e. The molecule has 1 aromatic rings. The van der Waals surface area contributed by atoms with E-state index in [4.69, 9.17) is 4.74 Å². The molecule has 0 spiro atoms. The third-order valence-corrected chi connectivity index (χ3v) is 3.06. The van der Waals surface area contributed by atoms with Crippen LogP contribution in [0.25, 0.3) is 6.08 Å². The summed E-state index contributed by atoms with van der Waals surface area (Å²) in [5.41, 5.74) is 2.59. The van der Waals surface area contributed by atoms with Crippen molar-refractivity contribution >= 4 is 6.08 Å². The Bertz CT molecular complexity index is 396. The molecule has 0 unspecified atom stereocenters. The molecule has 106 valence electrons. The zero-order valence-corrected chi connectivity index (χ0v) is 12.7. The Hall–Kier alpha value is -1.28. The van der Waals surface area contributed by atoms with E-state index in [-0.39, 0.29) is 0 Å². The third-order valence-electron chi connectivity index (χ3n) is 3.06. The minimum absolute atomic E-state index is 0.541. The SMILES string of the molecule is CCCNCC(=Cc1ccccc1OCC)C(C)C. The molecule has 0 saturated carbocycles. The third kappa shape index (κ3) is 5.48. The minimum atomic E-state index is 0.541. The molecule has 1 rings (SSSR count). The van der Waals surface area contributed by atoms with Crippen molar-refractivity contribution in [1.29, 1.82) is 0 Å². The first-order valence-corrected chi connectivity index (χ1v) is 7.32. The average molecular weight is 261 g/mol. The molecule has 2 nitrogen and oxygen atoms in total. The predicted molar refractivity (Wildman–Crippen MR) is 83.6 cm³/mol. The molecule has 0 aliphatic heterocycles. The van der Waals surface area contributed by atoms with Gasteiger partial charge in [-0.15, -0.1) is 0 Å². The van der Waals surface area contributed by atoms with Crippen molar-refractivity contribution in [2.75, 3.05) is 19.7 Å². The number of hydrogen-bond donors (Lipinski definition) is 1. The number of rotatable bonds is 8. The lowest BCUT2D eigenvalue weighted by Crippen LogP contribution is -2.20. The summed E-state index contributed by atoms with van der Waals surface area (Å²) < 4.78 is 5.68. The molecule has 0 aliphatic rings. The molecular formula is C17H27NO. The fraction of sp³-hybridized carbons (Fsp3) is 0.529. The van der Waals surface area contributed by atoms with Crippen LogP contribution in [0.2, 0.25) is 0 Å². The zero-order valence-electron chi connectivity index (χ0n) is 12.7. The predicted octanol–water partition coefficient (Wildman–Crippen LogP) is 4.12. The molecule has 19 heavy (non-hydrogen) atoms. The van der Waals surface area contributed by atoms with Crippen LogP contribution in [0.15, 0.2) is 29.8 Å². The van der Waals surface area contributed by atoms with Crippen molar-refractivity contribution < 1.29 is 4.74 Å². The monoisotopic (exact) mass is 261 g/mol. The summed E-state index contributed by atoms with van der Waals surface area (Å²) >= 11 is 0. The van der Waals surface area contributed by atoms with Crippen LogP contribution in [0, 0.1) is 5.92 Å². The Morgan fingerprint density at radius 2 is 2.00 bits per heavy atom. The topological polar surface area (TPSA) is 21.3 Å². The van der Waals surface area contributed by atoms with Gasteiger partial charge in [-0.2, -0.15) is 0 Å². The number of hydrogen-bond acceptors (Lipinski definition) is 2. The summed E-state index contributed by atoms with van der Waals surface area (Å²) in [6.07, 6.45) is 3.43. The molecule has 0 fully saturated rings. The molecule has 0 heterocycles. The molecule has 0 atom stereocenters. The summed E-state index contributed by atoms with van der Waals surface area (Å²) in [6.45, 7) is 11.4. The van der Waals surface area contributed by atoms with Crippen LogP contribution < -0.4 is 10.1 Å². The van der Waals surface area contributed by atoms with Gasteiger partial charge in [-0.3, -0.25) is 0 Å². The van der Waals surface area contributed by atoms with Gasteiger partial charge in [-0.1, -0.05) is 50.6 Å². The van der Waals surface area contributed by atoms with Crippen molar-refractivity contribution in [2.24, 2.45) is 5.92 Å². The van der Waals surface area contributed by atoms with Crippen molar-refractivity contribution in [3.05, 3.63) is 35.4 Å². The van der Waals surface area contributed by atoms with Gasteiger partial charge in [0.1, 0.15) is 5.75 Å². The van der Waals surface area contributed by atoms with E-state index in [9.17, 15) is 0 Å². The molecule has 0 radical (unpaired) electrons. The highest BCUT2D eigenvalue weighted by molar-refractivity contribution is 5.60. The number of nitrogens with one attached hydrogen (secondary N) is 1. The van der Waals surface area contributed by atoms with Crippen LogP contribution in [0.4, 0.5) is 0 Å². The summed E-state index contributed by atoms with van der Waals surface area (Å²) in [7, 11) is 0. The number of para-hydroxylation sites is 1. The molecule has 1 aromatic carbocycles. The highest BCUT2D eigenvalue weighted by atomic mass is 16.5. The summed E-state index contributed by atoms with van der Waals surface area (Å²) in [5, 5.41) is 3.48. The molecule has 0 bridgehead atoms. The lowest BCUT2D eigenvalue weighted by atomic mass is 10.00. The molecular weight excluding hydrogens is 234 g/mol. The zero-order chi connectivity index (χ0) is 14.1. The van der Waals surface area contributed by atoms with Crippen LogP contribution in [0.1, 0.15) is 39.7 Å². The van der Waals surface area contributed by atoms with Crippen molar-refractivity contribution in [1.82, 2.24) is 5.32 Å². The van der Waals surface area contributed by atoms with Crippen molar-refractivity contribution in [3.63, 3.8) is 0 Å². The first-order chi connectivity index (χ1) is 9.19. The largest absolute Gasteiger partial charge is 0.493 e. The number of ether oxygens (including phenoxy) is 1. The minimum Gasteiger partial charge on any atom is -0.493 e. The van der Waals surface area contributed by atoms with Crippen LogP contribution >= 0.6 is 0 Å². The maximum absolute atomic E-state index is 5.68. The van der Waals surface area contributed by atoms with Crippen molar-refractivity contribution in [3.8, 4) is 5.75 Å². The standard InChI is InChI=1S/C17H27NO/c1-5-11-18-13-16(14(3)4)12-15-9-7-8-10-17(15)19-6-2/h7-10,12,14,18H,5-6,11,13H2,1-4H3. The van der Waals surface area contributed by atoms with E-state index in [1.165, 1.54) is 17.6 Å². The van der Waals surface area contributed by atoms with Gasteiger partial charge in [0, 0.05) is 12.1 Å². The summed E-state index contributed by atoms with van der Waals surface area (Å²) in [6, 6.07) is 8.23.